The summed E-state index contributed by atoms with van der Waals surface area (Å²) in [5.41, 5.74) is 3.10. The smallest absolute Gasteiger partial charge is 0.255 e. The van der Waals surface area contributed by atoms with Crippen molar-refractivity contribution >= 4 is 28.5 Å². The second-order valence-electron chi connectivity index (χ2n) is 6.65. The molecule has 0 spiro atoms. The molecule has 2 heterocycles. The SMILES string of the molecule is CN1CCN(C(=O)c2ccc(NC(=O)c3ccc4n[nH]nc4c3)cc2)CC1. The Morgan fingerprint density at radius 3 is 2.33 bits per heavy atom. The number of benzene rings is 2. The van der Waals surface area contributed by atoms with E-state index in [9.17, 15) is 9.59 Å². The molecular weight excluding hydrogens is 344 g/mol. The van der Waals surface area contributed by atoms with Crippen LogP contribution in [0.3, 0.4) is 0 Å². The number of amides is 2. The van der Waals surface area contributed by atoms with Crippen LogP contribution in [0.1, 0.15) is 20.7 Å². The number of rotatable bonds is 3. The van der Waals surface area contributed by atoms with Gasteiger partial charge < -0.3 is 15.1 Å². The van der Waals surface area contributed by atoms with Crippen LogP contribution in [-0.4, -0.2) is 70.3 Å². The molecule has 1 aromatic heterocycles. The fourth-order valence-electron chi connectivity index (χ4n) is 3.07. The van der Waals surface area contributed by atoms with Crippen molar-refractivity contribution in [1.82, 2.24) is 25.2 Å². The van der Waals surface area contributed by atoms with E-state index in [1.807, 2.05) is 4.90 Å². The lowest BCUT2D eigenvalue weighted by Gasteiger charge is -2.32. The molecule has 1 aliphatic rings. The lowest BCUT2D eigenvalue weighted by Crippen LogP contribution is -2.47. The molecule has 138 valence electrons. The molecule has 0 unspecified atom stereocenters. The molecule has 2 amide bonds. The van der Waals surface area contributed by atoms with Crippen LogP contribution in [0.2, 0.25) is 0 Å². The minimum Gasteiger partial charge on any atom is -0.336 e. The predicted octanol–water partition coefficient (Wildman–Crippen LogP) is 1.60. The zero-order valence-corrected chi connectivity index (χ0v) is 15.0. The van der Waals surface area contributed by atoms with Gasteiger partial charge in [0.1, 0.15) is 11.0 Å². The van der Waals surface area contributed by atoms with Gasteiger partial charge in [-0.3, -0.25) is 9.59 Å². The lowest BCUT2D eigenvalue weighted by atomic mass is 10.1. The average molecular weight is 364 g/mol. The van der Waals surface area contributed by atoms with Gasteiger partial charge in [0.25, 0.3) is 11.8 Å². The normalized spacial score (nSPS) is 15.1. The first-order valence-corrected chi connectivity index (χ1v) is 8.80. The van der Waals surface area contributed by atoms with Gasteiger partial charge in [0.15, 0.2) is 0 Å². The summed E-state index contributed by atoms with van der Waals surface area (Å²) in [4.78, 5) is 29.1. The number of aromatic amines is 1. The van der Waals surface area contributed by atoms with E-state index >= 15 is 0 Å². The number of carbonyl (C=O) groups excluding carboxylic acids is 2. The maximum Gasteiger partial charge on any atom is 0.255 e. The maximum absolute atomic E-state index is 12.6. The number of fused-ring (bicyclic) bond motifs is 1. The molecule has 1 fully saturated rings. The van der Waals surface area contributed by atoms with Crippen molar-refractivity contribution in [3.05, 3.63) is 53.6 Å². The van der Waals surface area contributed by atoms with Crippen LogP contribution in [-0.2, 0) is 0 Å². The number of H-pyrrole nitrogens is 1. The molecule has 0 saturated carbocycles. The number of aromatic nitrogens is 3. The third kappa shape index (κ3) is 3.65. The summed E-state index contributed by atoms with van der Waals surface area (Å²) in [5, 5.41) is 13.3. The zero-order valence-electron chi connectivity index (χ0n) is 15.0. The van der Waals surface area contributed by atoms with Crippen molar-refractivity contribution in [3.63, 3.8) is 0 Å². The van der Waals surface area contributed by atoms with E-state index in [1.54, 1.807) is 42.5 Å². The second kappa shape index (κ2) is 7.16. The Morgan fingerprint density at radius 2 is 1.59 bits per heavy atom. The third-order valence-electron chi connectivity index (χ3n) is 4.76. The fraction of sp³-hybridized carbons (Fsp3) is 0.263. The number of nitrogens with one attached hydrogen (secondary N) is 2. The predicted molar refractivity (Wildman–Crippen MR) is 102 cm³/mol. The molecule has 0 aliphatic carbocycles. The van der Waals surface area contributed by atoms with Crippen LogP contribution in [0.5, 0.6) is 0 Å². The first-order chi connectivity index (χ1) is 13.1. The molecule has 4 rings (SSSR count). The van der Waals surface area contributed by atoms with Crippen molar-refractivity contribution in [2.75, 3.05) is 38.5 Å². The molecule has 0 atom stereocenters. The molecule has 8 nitrogen and oxygen atoms in total. The second-order valence-corrected chi connectivity index (χ2v) is 6.65. The number of nitrogens with zero attached hydrogens (tertiary/aromatic N) is 4. The summed E-state index contributed by atoms with van der Waals surface area (Å²) in [6, 6.07) is 12.1. The highest BCUT2D eigenvalue weighted by Crippen LogP contribution is 2.16. The monoisotopic (exact) mass is 364 g/mol. The maximum atomic E-state index is 12.6. The lowest BCUT2D eigenvalue weighted by molar-refractivity contribution is 0.0664. The molecule has 0 bridgehead atoms. The van der Waals surface area contributed by atoms with Crippen molar-refractivity contribution < 1.29 is 9.59 Å². The Hall–Kier alpha value is -3.26. The molecule has 0 radical (unpaired) electrons. The van der Waals surface area contributed by atoms with Crippen molar-refractivity contribution in [2.45, 2.75) is 0 Å². The first-order valence-electron chi connectivity index (χ1n) is 8.80. The van der Waals surface area contributed by atoms with Crippen molar-refractivity contribution in [1.29, 1.82) is 0 Å². The van der Waals surface area contributed by atoms with Crippen molar-refractivity contribution in [3.8, 4) is 0 Å². The zero-order chi connectivity index (χ0) is 18.8. The molecule has 3 aromatic rings. The number of hydrogen-bond acceptors (Lipinski definition) is 5. The van der Waals surface area contributed by atoms with E-state index in [1.165, 1.54) is 0 Å². The molecule has 8 heteroatoms. The summed E-state index contributed by atoms with van der Waals surface area (Å²) in [7, 11) is 2.06. The van der Waals surface area contributed by atoms with Crippen LogP contribution in [0.15, 0.2) is 42.5 Å². The van der Waals surface area contributed by atoms with Gasteiger partial charge in [-0.15, -0.1) is 0 Å². The number of carbonyl (C=O) groups is 2. The first kappa shape index (κ1) is 17.2. The molecule has 2 N–H and O–H groups in total. The van der Waals surface area contributed by atoms with Crippen molar-refractivity contribution in [2.24, 2.45) is 0 Å². The van der Waals surface area contributed by atoms with Gasteiger partial charge in [-0.25, -0.2) is 0 Å². The minimum absolute atomic E-state index is 0.0254. The van der Waals surface area contributed by atoms with E-state index in [-0.39, 0.29) is 11.8 Å². The highest BCUT2D eigenvalue weighted by Gasteiger charge is 2.20. The van der Waals surface area contributed by atoms with E-state index < -0.39 is 0 Å². The summed E-state index contributed by atoms with van der Waals surface area (Å²) >= 11 is 0. The highest BCUT2D eigenvalue weighted by molar-refractivity contribution is 6.06. The van der Waals surface area contributed by atoms with Gasteiger partial charge in [0.2, 0.25) is 0 Å². The molecule has 27 heavy (non-hydrogen) atoms. The fourth-order valence-corrected chi connectivity index (χ4v) is 3.07. The summed E-state index contributed by atoms with van der Waals surface area (Å²) < 4.78 is 0. The largest absolute Gasteiger partial charge is 0.336 e. The van der Waals surface area contributed by atoms with Gasteiger partial charge in [-0.05, 0) is 49.5 Å². The van der Waals surface area contributed by atoms with E-state index in [0.29, 0.717) is 27.8 Å². The van der Waals surface area contributed by atoms with Crippen LogP contribution >= 0.6 is 0 Å². The van der Waals surface area contributed by atoms with Gasteiger partial charge in [-0.1, -0.05) is 0 Å². The minimum atomic E-state index is -0.238. The Balaban J connectivity index is 1.42. The molecule has 2 aromatic carbocycles. The summed E-state index contributed by atoms with van der Waals surface area (Å²) in [5.74, 6) is -0.212. The van der Waals surface area contributed by atoms with Gasteiger partial charge in [0.05, 0.1) is 0 Å². The molecule has 1 aliphatic heterocycles. The van der Waals surface area contributed by atoms with E-state index in [2.05, 4.69) is 32.7 Å². The Kier molecular flexibility index (Phi) is 4.55. The number of likely N-dealkylation sites (N-methyl/N-ethyl adjacent to an activating group) is 1. The Bertz CT molecular complexity index is 973. The Labute approximate surface area is 156 Å². The summed E-state index contributed by atoms with van der Waals surface area (Å²) in [6.45, 7) is 3.24. The number of anilines is 1. The quantitative estimate of drug-likeness (QED) is 0.736. The van der Waals surface area contributed by atoms with E-state index in [0.717, 1.165) is 26.2 Å². The van der Waals surface area contributed by atoms with Gasteiger partial charge in [0, 0.05) is 43.0 Å². The summed E-state index contributed by atoms with van der Waals surface area (Å²) in [6.07, 6.45) is 0. The Morgan fingerprint density at radius 1 is 0.926 bits per heavy atom. The van der Waals surface area contributed by atoms with Crippen LogP contribution in [0, 0.1) is 0 Å². The van der Waals surface area contributed by atoms with Crippen LogP contribution in [0.25, 0.3) is 11.0 Å². The highest BCUT2D eigenvalue weighted by atomic mass is 16.2. The third-order valence-corrected chi connectivity index (χ3v) is 4.76. The average Bonchev–Trinajstić information content (AvgIpc) is 3.16. The van der Waals surface area contributed by atoms with Crippen LogP contribution < -0.4 is 5.32 Å². The van der Waals surface area contributed by atoms with Gasteiger partial charge >= 0.3 is 0 Å². The topological polar surface area (TPSA) is 94.2 Å². The standard InChI is InChI=1S/C19H20N6O2/c1-24-8-10-25(11-9-24)19(27)13-2-5-15(6-3-13)20-18(26)14-4-7-16-17(12-14)22-23-21-16/h2-7,12H,8-11H2,1H3,(H,20,26)(H,21,22,23). The number of hydrogen-bond donors (Lipinski definition) is 2. The van der Waals surface area contributed by atoms with Crippen LogP contribution in [0.4, 0.5) is 5.69 Å². The van der Waals surface area contributed by atoms with Gasteiger partial charge in [-0.2, -0.15) is 15.4 Å². The molecular formula is C19H20N6O2. The van der Waals surface area contributed by atoms with E-state index in [4.69, 9.17) is 0 Å². The number of piperazine rings is 1. The molecule has 1 saturated heterocycles.